The van der Waals surface area contributed by atoms with Crippen LogP contribution in [0.15, 0.2) is 48.8 Å². The highest BCUT2D eigenvalue weighted by Crippen LogP contribution is 2.22. The fraction of sp³-hybridized carbons (Fsp3) is 0.0769. The van der Waals surface area contributed by atoms with Crippen molar-refractivity contribution in [1.82, 2.24) is 19.6 Å². The van der Waals surface area contributed by atoms with E-state index in [1.165, 1.54) is 0 Å². The zero-order chi connectivity index (χ0) is 12.5. The molecule has 0 saturated carbocycles. The van der Waals surface area contributed by atoms with Gasteiger partial charge < -0.3 is 5.73 Å². The summed E-state index contributed by atoms with van der Waals surface area (Å²) in [7, 11) is 1.83. The van der Waals surface area contributed by atoms with Crippen LogP contribution < -0.4 is 5.73 Å². The van der Waals surface area contributed by atoms with Crippen molar-refractivity contribution in [3.05, 3.63) is 48.8 Å². The molecule has 0 fully saturated rings. The van der Waals surface area contributed by atoms with Crippen LogP contribution >= 0.6 is 0 Å². The molecule has 5 heteroatoms. The first-order valence-corrected chi connectivity index (χ1v) is 5.64. The third-order valence-electron chi connectivity index (χ3n) is 2.83. The van der Waals surface area contributed by atoms with E-state index in [2.05, 4.69) is 10.2 Å². The first-order chi connectivity index (χ1) is 8.74. The molecular weight excluding hydrogens is 226 g/mol. The van der Waals surface area contributed by atoms with E-state index >= 15 is 0 Å². The van der Waals surface area contributed by atoms with E-state index in [0.717, 1.165) is 16.9 Å². The van der Waals surface area contributed by atoms with Gasteiger partial charge in [0, 0.05) is 31.1 Å². The van der Waals surface area contributed by atoms with Gasteiger partial charge in [0.2, 0.25) is 0 Å². The maximum Gasteiger partial charge on any atom is 0.121 e. The molecule has 2 heterocycles. The van der Waals surface area contributed by atoms with Gasteiger partial charge in [-0.3, -0.25) is 4.68 Å². The first kappa shape index (κ1) is 10.6. The predicted molar refractivity (Wildman–Crippen MR) is 70.2 cm³/mol. The predicted octanol–water partition coefficient (Wildman–Crippen LogP) is 1.85. The molecular formula is C13H13N5. The van der Waals surface area contributed by atoms with Gasteiger partial charge in [-0.1, -0.05) is 12.1 Å². The summed E-state index contributed by atoms with van der Waals surface area (Å²) >= 11 is 0. The number of anilines is 1. The third-order valence-corrected chi connectivity index (χ3v) is 2.83. The molecule has 0 unspecified atom stereocenters. The highest BCUT2D eigenvalue weighted by Gasteiger charge is 2.06. The first-order valence-electron chi connectivity index (χ1n) is 5.64. The van der Waals surface area contributed by atoms with Crippen molar-refractivity contribution in [3.63, 3.8) is 0 Å². The Labute approximate surface area is 104 Å². The average molecular weight is 239 g/mol. The number of hydrogen-bond donors (Lipinski definition) is 1. The van der Waals surface area contributed by atoms with Gasteiger partial charge in [-0.15, -0.1) is 0 Å². The van der Waals surface area contributed by atoms with E-state index in [1.54, 1.807) is 10.9 Å². The summed E-state index contributed by atoms with van der Waals surface area (Å²) in [5, 5.41) is 8.58. The maximum absolute atomic E-state index is 5.79. The van der Waals surface area contributed by atoms with Crippen molar-refractivity contribution >= 4 is 5.82 Å². The zero-order valence-electron chi connectivity index (χ0n) is 9.99. The van der Waals surface area contributed by atoms with Crippen LogP contribution in [0.4, 0.5) is 5.82 Å². The minimum absolute atomic E-state index is 0.648. The second-order valence-corrected chi connectivity index (χ2v) is 4.08. The van der Waals surface area contributed by atoms with Crippen molar-refractivity contribution in [2.45, 2.75) is 0 Å². The van der Waals surface area contributed by atoms with Gasteiger partial charge >= 0.3 is 0 Å². The Balaban J connectivity index is 2.06. The van der Waals surface area contributed by atoms with Gasteiger partial charge in [0.1, 0.15) is 5.82 Å². The molecule has 1 aromatic carbocycles. The van der Waals surface area contributed by atoms with E-state index in [0.29, 0.717) is 5.82 Å². The van der Waals surface area contributed by atoms with Crippen LogP contribution in [0, 0.1) is 0 Å². The molecule has 0 atom stereocenters. The van der Waals surface area contributed by atoms with Crippen LogP contribution in [-0.4, -0.2) is 19.6 Å². The SMILES string of the molecule is Cn1nc(-c2cccc(-n3cccn3)c2)cc1N. The van der Waals surface area contributed by atoms with Crippen LogP contribution in [0.25, 0.3) is 16.9 Å². The van der Waals surface area contributed by atoms with Crippen LogP contribution in [0.2, 0.25) is 0 Å². The molecule has 5 nitrogen and oxygen atoms in total. The minimum atomic E-state index is 0.648. The highest BCUT2D eigenvalue weighted by molar-refractivity contribution is 5.64. The van der Waals surface area contributed by atoms with Crippen molar-refractivity contribution in [1.29, 1.82) is 0 Å². The summed E-state index contributed by atoms with van der Waals surface area (Å²) in [6, 6.07) is 11.8. The summed E-state index contributed by atoms with van der Waals surface area (Å²) < 4.78 is 3.48. The number of aryl methyl sites for hydroxylation is 1. The molecule has 2 aromatic heterocycles. The zero-order valence-corrected chi connectivity index (χ0v) is 9.99. The summed E-state index contributed by atoms with van der Waals surface area (Å²) in [6.45, 7) is 0. The largest absolute Gasteiger partial charge is 0.384 e. The molecule has 0 spiro atoms. The average Bonchev–Trinajstić information content (AvgIpc) is 3.01. The lowest BCUT2D eigenvalue weighted by atomic mass is 10.1. The number of hydrogen-bond acceptors (Lipinski definition) is 3. The van der Waals surface area contributed by atoms with Gasteiger partial charge in [-0.25, -0.2) is 4.68 Å². The van der Waals surface area contributed by atoms with E-state index in [4.69, 9.17) is 5.73 Å². The lowest BCUT2D eigenvalue weighted by molar-refractivity contribution is 0.782. The summed E-state index contributed by atoms with van der Waals surface area (Å²) in [6.07, 6.45) is 3.66. The highest BCUT2D eigenvalue weighted by atomic mass is 15.3. The van der Waals surface area contributed by atoms with Gasteiger partial charge in [-0.05, 0) is 18.2 Å². The topological polar surface area (TPSA) is 61.7 Å². The Hall–Kier alpha value is -2.56. The molecule has 18 heavy (non-hydrogen) atoms. The quantitative estimate of drug-likeness (QED) is 0.742. The van der Waals surface area contributed by atoms with Crippen molar-refractivity contribution in [2.24, 2.45) is 7.05 Å². The van der Waals surface area contributed by atoms with Gasteiger partial charge in [0.25, 0.3) is 0 Å². The van der Waals surface area contributed by atoms with E-state index in [9.17, 15) is 0 Å². The fourth-order valence-electron chi connectivity index (χ4n) is 1.85. The maximum atomic E-state index is 5.79. The van der Waals surface area contributed by atoms with Gasteiger partial charge in [0.15, 0.2) is 0 Å². The molecule has 0 bridgehead atoms. The summed E-state index contributed by atoms with van der Waals surface area (Å²) in [5.41, 5.74) is 8.68. The smallest absolute Gasteiger partial charge is 0.121 e. The molecule has 3 rings (SSSR count). The lowest BCUT2D eigenvalue weighted by Crippen LogP contribution is -1.97. The molecule has 0 aliphatic rings. The number of nitrogen functional groups attached to an aromatic ring is 1. The summed E-state index contributed by atoms with van der Waals surface area (Å²) in [5.74, 6) is 0.648. The Bertz CT molecular complexity index is 647. The molecule has 0 radical (unpaired) electrons. The Kier molecular flexibility index (Phi) is 2.37. The lowest BCUT2D eigenvalue weighted by Gasteiger charge is -2.03. The molecule has 0 amide bonds. The number of aromatic nitrogens is 4. The number of rotatable bonds is 2. The molecule has 2 N–H and O–H groups in total. The van der Waals surface area contributed by atoms with Crippen LogP contribution in [0.1, 0.15) is 0 Å². The van der Waals surface area contributed by atoms with Crippen molar-refractivity contribution in [2.75, 3.05) is 5.73 Å². The van der Waals surface area contributed by atoms with Crippen molar-refractivity contribution in [3.8, 4) is 16.9 Å². The minimum Gasteiger partial charge on any atom is -0.384 e. The normalized spacial score (nSPS) is 10.7. The van der Waals surface area contributed by atoms with Gasteiger partial charge in [0.05, 0.1) is 11.4 Å². The van der Waals surface area contributed by atoms with E-state index in [-0.39, 0.29) is 0 Å². The van der Waals surface area contributed by atoms with E-state index in [1.807, 2.05) is 54.3 Å². The second kappa shape index (κ2) is 4.03. The molecule has 0 aliphatic heterocycles. The summed E-state index contributed by atoms with van der Waals surface area (Å²) in [4.78, 5) is 0. The van der Waals surface area contributed by atoms with Crippen LogP contribution in [0.3, 0.4) is 0 Å². The molecule has 3 aromatic rings. The number of nitrogens with zero attached hydrogens (tertiary/aromatic N) is 4. The van der Waals surface area contributed by atoms with Crippen LogP contribution in [0.5, 0.6) is 0 Å². The van der Waals surface area contributed by atoms with E-state index < -0.39 is 0 Å². The number of nitrogens with two attached hydrogens (primary N) is 1. The van der Waals surface area contributed by atoms with Crippen molar-refractivity contribution < 1.29 is 0 Å². The Morgan fingerprint density at radius 2 is 2.06 bits per heavy atom. The Morgan fingerprint density at radius 1 is 1.17 bits per heavy atom. The molecule has 0 saturated heterocycles. The van der Waals surface area contributed by atoms with Crippen LogP contribution in [-0.2, 0) is 7.05 Å². The van der Waals surface area contributed by atoms with Gasteiger partial charge in [-0.2, -0.15) is 10.2 Å². The third kappa shape index (κ3) is 1.75. The fourth-order valence-corrected chi connectivity index (χ4v) is 1.85. The molecule has 0 aliphatic carbocycles. The number of benzene rings is 1. The Morgan fingerprint density at radius 3 is 2.72 bits per heavy atom. The standard InChI is InChI=1S/C13H13N5/c1-17-13(14)9-12(16-17)10-4-2-5-11(8-10)18-7-3-6-15-18/h2-9H,14H2,1H3. The second-order valence-electron chi connectivity index (χ2n) is 4.08. The molecule has 90 valence electrons. The monoisotopic (exact) mass is 239 g/mol.